The second kappa shape index (κ2) is 4.11. The Hall–Kier alpha value is -0.860. The molecular weight excluding hydrogens is 190 g/mol. The Labute approximate surface area is 88.8 Å². The highest BCUT2D eigenvalue weighted by molar-refractivity contribution is 7.17. The largest absolute Gasteiger partial charge is 0.319 e. The van der Waals surface area contributed by atoms with Crippen molar-refractivity contribution in [2.24, 2.45) is 0 Å². The number of hydrogen-bond acceptors (Lipinski definition) is 2. The average molecular weight is 205 g/mol. The van der Waals surface area contributed by atoms with Gasteiger partial charge in [0, 0.05) is 4.70 Å². The lowest BCUT2D eigenvalue weighted by Crippen LogP contribution is -2.09. The van der Waals surface area contributed by atoms with Gasteiger partial charge in [-0.2, -0.15) is 0 Å². The molecule has 2 rings (SSSR count). The maximum Gasteiger partial charge on any atom is 0.0374 e. The molecule has 0 unspecified atom stereocenters. The third-order valence-corrected chi connectivity index (χ3v) is 3.70. The molecule has 74 valence electrons. The van der Waals surface area contributed by atoms with Crippen molar-refractivity contribution in [2.75, 3.05) is 13.6 Å². The summed E-state index contributed by atoms with van der Waals surface area (Å²) in [7, 11) is 2.00. The van der Waals surface area contributed by atoms with E-state index in [0.717, 1.165) is 13.0 Å². The van der Waals surface area contributed by atoms with E-state index >= 15 is 0 Å². The highest BCUT2D eigenvalue weighted by atomic mass is 32.1. The minimum atomic E-state index is 1.06. The summed E-state index contributed by atoms with van der Waals surface area (Å²) in [5.74, 6) is 0. The lowest BCUT2D eigenvalue weighted by Gasteiger charge is -1.99. The van der Waals surface area contributed by atoms with E-state index in [-0.39, 0.29) is 0 Å². The van der Waals surface area contributed by atoms with E-state index in [1.807, 2.05) is 18.4 Å². The van der Waals surface area contributed by atoms with Gasteiger partial charge in [-0.1, -0.05) is 18.2 Å². The average Bonchev–Trinajstić information content (AvgIpc) is 2.60. The van der Waals surface area contributed by atoms with E-state index < -0.39 is 0 Å². The first-order chi connectivity index (χ1) is 6.83. The van der Waals surface area contributed by atoms with Crippen LogP contribution in [-0.4, -0.2) is 13.6 Å². The molecule has 0 saturated heterocycles. The Morgan fingerprint density at radius 3 is 3.00 bits per heavy atom. The normalized spacial score (nSPS) is 11.0. The smallest absolute Gasteiger partial charge is 0.0374 e. The summed E-state index contributed by atoms with van der Waals surface area (Å²) in [5.41, 5.74) is 2.87. The zero-order valence-corrected chi connectivity index (χ0v) is 9.45. The number of thiophene rings is 1. The van der Waals surface area contributed by atoms with Gasteiger partial charge in [0.1, 0.15) is 0 Å². The fraction of sp³-hybridized carbons (Fsp3) is 0.333. The van der Waals surface area contributed by atoms with Gasteiger partial charge in [0.05, 0.1) is 0 Å². The highest BCUT2D eigenvalue weighted by Crippen LogP contribution is 2.28. The van der Waals surface area contributed by atoms with Crippen molar-refractivity contribution in [3.63, 3.8) is 0 Å². The Morgan fingerprint density at radius 2 is 2.21 bits per heavy atom. The first-order valence-electron chi connectivity index (χ1n) is 4.93. The van der Waals surface area contributed by atoms with Crippen LogP contribution in [0.2, 0.25) is 0 Å². The number of fused-ring (bicyclic) bond motifs is 1. The number of nitrogens with one attached hydrogen (secondary N) is 1. The van der Waals surface area contributed by atoms with Crippen LogP contribution >= 0.6 is 11.3 Å². The topological polar surface area (TPSA) is 12.0 Å². The number of rotatable bonds is 3. The van der Waals surface area contributed by atoms with Crippen LogP contribution < -0.4 is 5.32 Å². The molecule has 14 heavy (non-hydrogen) atoms. The molecule has 1 aromatic heterocycles. The van der Waals surface area contributed by atoms with Crippen LogP contribution in [0.3, 0.4) is 0 Å². The summed E-state index contributed by atoms with van der Waals surface area (Å²) < 4.78 is 1.44. The molecule has 0 aliphatic rings. The first kappa shape index (κ1) is 9.69. The SMILES string of the molecule is CNCCc1csc2c(C)cccc12. The summed E-state index contributed by atoms with van der Waals surface area (Å²) in [6.07, 6.45) is 1.12. The molecule has 1 nitrogen and oxygen atoms in total. The summed E-state index contributed by atoms with van der Waals surface area (Å²) in [6.45, 7) is 3.24. The monoisotopic (exact) mass is 205 g/mol. The Bertz CT molecular complexity index is 431. The fourth-order valence-electron chi connectivity index (χ4n) is 1.71. The van der Waals surface area contributed by atoms with Gasteiger partial charge in [-0.05, 0) is 48.8 Å². The van der Waals surface area contributed by atoms with Crippen molar-refractivity contribution in [3.8, 4) is 0 Å². The molecule has 0 spiro atoms. The highest BCUT2D eigenvalue weighted by Gasteiger charge is 2.04. The van der Waals surface area contributed by atoms with E-state index in [1.54, 1.807) is 0 Å². The lowest BCUT2D eigenvalue weighted by molar-refractivity contribution is 0.796. The van der Waals surface area contributed by atoms with Gasteiger partial charge in [-0.3, -0.25) is 0 Å². The predicted molar refractivity (Wildman–Crippen MR) is 64.2 cm³/mol. The van der Waals surface area contributed by atoms with Gasteiger partial charge < -0.3 is 5.32 Å². The van der Waals surface area contributed by atoms with Crippen LogP contribution in [0.5, 0.6) is 0 Å². The van der Waals surface area contributed by atoms with Crippen molar-refractivity contribution in [3.05, 3.63) is 34.7 Å². The summed E-state index contributed by atoms with van der Waals surface area (Å²) in [5, 5.41) is 6.91. The van der Waals surface area contributed by atoms with Crippen LogP contribution in [0.4, 0.5) is 0 Å². The predicted octanol–water partition coefficient (Wildman–Crippen LogP) is 2.97. The third-order valence-electron chi connectivity index (χ3n) is 2.52. The summed E-state index contributed by atoms with van der Waals surface area (Å²) in [4.78, 5) is 0. The molecule has 2 aromatic rings. The summed E-state index contributed by atoms with van der Waals surface area (Å²) >= 11 is 1.86. The van der Waals surface area contributed by atoms with Crippen molar-refractivity contribution in [1.82, 2.24) is 5.32 Å². The molecule has 0 saturated carbocycles. The van der Waals surface area contributed by atoms with Crippen LogP contribution in [0.25, 0.3) is 10.1 Å². The zero-order valence-electron chi connectivity index (χ0n) is 8.63. The zero-order chi connectivity index (χ0) is 9.97. The van der Waals surface area contributed by atoms with Crippen LogP contribution in [0, 0.1) is 6.92 Å². The molecule has 0 aliphatic carbocycles. The van der Waals surface area contributed by atoms with Crippen LogP contribution in [0.1, 0.15) is 11.1 Å². The minimum Gasteiger partial charge on any atom is -0.319 e. The van der Waals surface area contributed by atoms with Crippen molar-refractivity contribution in [1.29, 1.82) is 0 Å². The van der Waals surface area contributed by atoms with E-state index in [4.69, 9.17) is 0 Å². The number of benzene rings is 1. The maximum absolute atomic E-state index is 3.19. The molecule has 0 bridgehead atoms. The molecule has 1 heterocycles. The first-order valence-corrected chi connectivity index (χ1v) is 5.81. The maximum atomic E-state index is 3.19. The minimum absolute atomic E-state index is 1.06. The molecule has 0 aliphatic heterocycles. The van der Waals surface area contributed by atoms with E-state index in [2.05, 4.69) is 35.8 Å². The molecule has 0 fully saturated rings. The van der Waals surface area contributed by atoms with Gasteiger partial charge in [-0.15, -0.1) is 11.3 Å². The number of hydrogen-bond donors (Lipinski definition) is 1. The van der Waals surface area contributed by atoms with Crippen molar-refractivity contribution in [2.45, 2.75) is 13.3 Å². The van der Waals surface area contributed by atoms with Crippen molar-refractivity contribution >= 4 is 21.4 Å². The second-order valence-corrected chi connectivity index (χ2v) is 4.45. The van der Waals surface area contributed by atoms with Crippen LogP contribution in [-0.2, 0) is 6.42 Å². The standard InChI is InChI=1S/C12H15NS/c1-9-4-3-5-11-10(6-7-13-2)8-14-12(9)11/h3-5,8,13H,6-7H2,1-2H3. The summed E-state index contributed by atoms with van der Waals surface area (Å²) in [6, 6.07) is 6.55. The quantitative estimate of drug-likeness (QED) is 0.812. The Morgan fingerprint density at radius 1 is 1.36 bits per heavy atom. The Balaban J connectivity index is 2.42. The van der Waals surface area contributed by atoms with Gasteiger partial charge in [-0.25, -0.2) is 0 Å². The van der Waals surface area contributed by atoms with Gasteiger partial charge in [0.15, 0.2) is 0 Å². The molecule has 0 radical (unpaired) electrons. The Kier molecular flexibility index (Phi) is 2.85. The number of likely N-dealkylation sites (N-methyl/N-ethyl adjacent to an activating group) is 1. The van der Waals surface area contributed by atoms with Gasteiger partial charge in [0.25, 0.3) is 0 Å². The van der Waals surface area contributed by atoms with E-state index in [9.17, 15) is 0 Å². The van der Waals surface area contributed by atoms with E-state index in [1.165, 1.54) is 21.2 Å². The van der Waals surface area contributed by atoms with E-state index in [0.29, 0.717) is 0 Å². The lowest BCUT2D eigenvalue weighted by atomic mass is 10.1. The molecular formula is C12H15NS. The molecule has 0 atom stereocenters. The fourth-order valence-corrected chi connectivity index (χ4v) is 2.79. The van der Waals surface area contributed by atoms with Crippen molar-refractivity contribution < 1.29 is 0 Å². The molecule has 1 aromatic carbocycles. The second-order valence-electron chi connectivity index (χ2n) is 3.57. The third kappa shape index (κ3) is 1.68. The molecule has 0 amide bonds. The number of aryl methyl sites for hydroxylation is 1. The van der Waals surface area contributed by atoms with Gasteiger partial charge in [0.2, 0.25) is 0 Å². The molecule has 1 N–H and O–H groups in total. The van der Waals surface area contributed by atoms with Crippen LogP contribution in [0.15, 0.2) is 23.6 Å². The van der Waals surface area contributed by atoms with Gasteiger partial charge >= 0.3 is 0 Å². The molecule has 2 heteroatoms.